The van der Waals surface area contributed by atoms with E-state index in [-0.39, 0.29) is 12.0 Å². The molecule has 0 radical (unpaired) electrons. The third kappa shape index (κ3) is 4.04. The van der Waals surface area contributed by atoms with E-state index in [2.05, 4.69) is 30.4 Å². The van der Waals surface area contributed by atoms with Crippen LogP contribution in [0.5, 0.6) is 6.01 Å². The van der Waals surface area contributed by atoms with Gasteiger partial charge in [0, 0.05) is 13.0 Å². The molecule has 9 nitrogen and oxygen atoms in total. The molecule has 108 valence electrons. The Hall–Kier alpha value is -2.45. The van der Waals surface area contributed by atoms with E-state index in [1.807, 2.05) is 6.92 Å². The molecule has 0 aromatic carbocycles. The first-order chi connectivity index (χ1) is 9.67. The van der Waals surface area contributed by atoms with Crippen LogP contribution in [0.25, 0.3) is 0 Å². The maximum Gasteiger partial charge on any atom is 0.323 e. The highest BCUT2D eigenvalue weighted by Crippen LogP contribution is 2.09. The van der Waals surface area contributed by atoms with E-state index >= 15 is 0 Å². The van der Waals surface area contributed by atoms with Crippen LogP contribution in [0.2, 0.25) is 0 Å². The van der Waals surface area contributed by atoms with Gasteiger partial charge in [0.2, 0.25) is 17.8 Å². The van der Waals surface area contributed by atoms with Crippen molar-refractivity contribution in [2.45, 2.75) is 26.7 Å². The second-order valence-corrected chi connectivity index (χ2v) is 4.06. The molecule has 0 aliphatic heterocycles. The minimum atomic E-state index is 0.113. The summed E-state index contributed by atoms with van der Waals surface area (Å²) in [5.74, 6) is 1.64. The topological polar surface area (TPSA) is 125 Å². The minimum absolute atomic E-state index is 0.113. The molecule has 3 N–H and O–H groups in total. The molecular weight excluding hydrogens is 262 g/mol. The number of aromatic nitrogens is 5. The molecule has 0 bridgehead atoms. The Bertz CT molecular complexity index is 557. The van der Waals surface area contributed by atoms with E-state index in [9.17, 15) is 0 Å². The van der Waals surface area contributed by atoms with E-state index in [0.29, 0.717) is 37.2 Å². The number of nitrogens with one attached hydrogen (secondary N) is 1. The van der Waals surface area contributed by atoms with Gasteiger partial charge in [0.25, 0.3) is 0 Å². The fourth-order valence-electron chi connectivity index (χ4n) is 1.43. The summed E-state index contributed by atoms with van der Waals surface area (Å²) >= 11 is 0. The van der Waals surface area contributed by atoms with Crippen LogP contribution in [0.3, 0.4) is 0 Å². The van der Waals surface area contributed by atoms with Crippen LogP contribution < -0.4 is 15.8 Å². The van der Waals surface area contributed by atoms with Crippen molar-refractivity contribution >= 4 is 11.9 Å². The first kappa shape index (κ1) is 14.0. The van der Waals surface area contributed by atoms with Crippen molar-refractivity contribution in [3.63, 3.8) is 0 Å². The van der Waals surface area contributed by atoms with Crippen LogP contribution >= 0.6 is 0 Å². The van der Waals surface area contributed by atoms with Gasteiger partial charge in [-0.3, -0.25) is 0 Å². The van der Waals surface area contributed by atoms with Crippen molar-refractivity contribution in [2.24, 2.45) is 0 Å². The molecule has 2 heterocycles. The molecular formula is C11H17N7O2. The van der Waals surface area contributed by atoms with Gasteiger partial charge in [0.1, 0.15) is 0 Å². The molecule has 0 fully saturated rings. The molecule has 0 unspecified atom stereocenters. The number of nitrogen functional groups attached to an aromatic ring is 1. The number of ether oxygens (including phenoxy) is 1. The van der Waals surface area contributed by atoms with Gasteiger partial charge in [0.15, 0.2) is 5.82 Å². The van der Waals surface area contributed by atoms with Gasteiger partial charge in [-0.1, -0.05) is 12.1 Å². The molecule has 0 aliphatic rings. The lowest BCUT2D eigenvalue weighted by atomic mass is 10.4. The van der Waals surface area contributed by atoms with E-state index < -0.39 is 0 Å². The Labute approximate surface area is 116 Å². The average Bonchev–Trinajstić information content (AvgIpc) is 2.81. The molecule has 0 saturated heterocycles. The summed E-state index contributed by atoms with van der Waals surface area (Å²) < 4.78 is 10.3. The van der Waals surface area contributed by atoms with Gasteiger partial charge in [-0.2, -0.15) is 19.9 Å². The Morgan fingerprint density at radius 2 is 2.10 bits per heavy atom. The lowest BCUT2D eigenvalue weighted by Crippen LogP contribution is -2.12. The summed E-state index contributed by atoms with van der Waals surface area (Å²) in [6, 6.07) is 0.218. The molecule has 2 aromatic rings. The molecule has 0 aliphatic carbocycles. The van der Waals surface area contributed by atoms with Crippen LogP contribution in [0.15, 0.2) is 4.52 Å². The maximum absolute atomic E-state index is 5.59. The van der Waals surface area contributed by atoms with Crippen LogP contribution in [0.1, 0.15) is 25.1 Å². The zero-order valence-electron chi connectivity index (χ0n) is 11.5. The highest BCUT2D eigenvalue weighted by molar-refractivity contribution is 5.32. The Kier molecular flexibility index (Phi) is 4.64. The smallest absolute Gasteiger partial charge is 0.323 e. The fourth-order valence-corrected chi connectivity index (χ4v) is 1.43. The Morgan fingerprint density at radius 1 is 1.25 bits per heavy atom. The van der Waals surface area contributed by atoms with Crippen LogP contribution in [-0.4, -0.2) is 38.2 Å². The number of anilines is 2. The van der Waals surface area contributed by atoms with Crippen LogP contribution in [0.4, 0.5) is 11.9 Å². The largest absolute Gasteiger partial charge is 0.463 e. The van der Waals surface area contributed by atoms with E-state index in [0.717, 1.165) is 6.42 Å². The summed E-state index contributed by atoms with van der Waals surface area (Å²) in [6.45, 7) is 4.84. The van der Waals surface area contributed by atoms with Gasteiger partial charge >= 0.3 is 6.01 Å². The number of rotatable bonds is 7. The average molecular weight is 279 g/mol. The monoisotopic (exact) mass is 279 g/mol. The standard InChI is InChI=1S/C11H17N7O2/c1-3-6-19-11-16-9(12)15-10(17-11)13-5-4-8-14-7(2)18-20-8/h3-6H2,1-2H3,(H3,12,13,15,16,17). The molecule has 9 heteroatoms. The van der Waals surface area contributed by atoms with E-state index in [1.54, 1.807) is 6.92 Å². The van der Waals surface area contributed by atoms with Crippen molar-refractivity contribution in [2.75, 3.05) is 24.2 Å². The number of aryl methyl sites for hydroxylation is 1. The summed E-state index contributed by atoms with van der Waals surface area (Å²) in [6.07, 6.45) is 1.43. The third-order valence-corrected chi connectivity index (χ3v) is 2.26. The third-order valence-electron chi connectivity index (χ3n) is 2.26. The molecule has 2 aromatic heterocycles. The number of nitrogens with two attached hydrogens (primary N) is 1. The lowest BCUT2D eigenvalue weighted by Gasteiger charge is -2.06. The summed E-state index contributed by atoms with van der Waals surface area (Å²) in [5, 5.41) is 6.72. The van der Waals surface area contributed by atoms with Crippen molar-refractivity contribution in [1.29, 1.82) is 0 Å². The second kappa shape index (κ2) is 6.64. The van der Waals surface area contributed by atoms with Crippen molar-refractivity contribution in [3.8, 4) is 6.01 Å². The lowest BCUT2D eigenvalue weighted by molar-refractivity contribution is 0.292. The van der Waals surface area contributed by atoms with E-state index in [1.165, 1.54) is 0 Å². The molecule has 20 heavy (non-hydrogen) atoms. The van der Waals surface area contributed by atoms with Gasteiger partial charge in [-0.15, -0.1) is 0 Å². The predicted octanol–water partition coefficient (Wildman–Crippen LogP) is 0.589. The van der Waals surface area contributed by atoms with Gasteiger partial charge in [-0.05, 0) is 13.3 Å². The molecule has 0 spiro atoms. The first-order valence-corrected chi connectivity index (χ1v) is 6.34. The summed E-state index contributed by atoms with van der Waals surface area (Å²) in [5.41, 5.74) is 5.59. The Balaban J connectivity index is 1.89. The second-order valence-electron chi connectivity index (χ2n) is 4.06. The van der Waals surface area contributed by atoms with Crippen molar-refractivity contribution in [1.82, 2.24) is 25.1 Å². The predicted molar refractivity (Wildman–Crippen MR) is 71.3 cm³/mol. The highest BCUT2D eigenvalue weighted by Gasteiger charge is 2.06. The van der Waals surface area contributed by atoms with Gasteiger partial charge < -0.3 is 20.3 Å². The van der Waals surface area contributed by atoms with Crippen molar-refractivity contribution < 1.29 is 9.26 Å². The summed E-state index contributed by atoms with van der Waals surface area (Å²) in [4.78, 5) is 16.1. The molecule has 2 rings (SSSR count). The van der Waals surface area contributed by atoms with Crippen molar-refractivity contribution in [3.05, 3.63) is 11.7 Å². The van der Waals surface area contributed by atoms with E-state index in [4.69, 9.17) is 15.0 Å². The SMILES string of the molecule is CCCOc1nc(N)nc(NCCc2nc(C)no2)n1. The summed E-state index contributed by atoms with van der Waals surface area (Å²) in [7, 11) is 0. The number of hydrogen-bond donors (Lipinski definition) is 2. The van der Waals surface area contributed by atoms with Crippen LogP contribution in [-0.2, 0) is 6.42 Å². The zero-order valence-corrected chi connectivity index (χ0v) is 11.5. The van der Waals surface area contributed by atoms with Gasteiger partial charge in [0.05, 0.1) is 6.61 Å². The quantitative estimate of drug-likeness (QED) is 0.748. The van der Waals surface area contributed by atoms with Crippen LogP contribution in [0, 0.1) is 6.92 Å². The first-order valence-electron chi connectivity index (χ1n) is 6.34. The number of nitrogens with zero attached hydrogens (tertiary/aromatic N) is 5. The number of hydrogen-bond acceptors (Lipinski definition) is 9. The minimum Gasteiger partial charge on any atom is -0.463 e. The zero-order chi connectivity index (χ0) is 14.4. The Morgan fingerprint density at radius 3 is 2.80 bits per heavy atom. The maximum atomic E-state index is 5.59. The van der Waals surface area contributed by atoms with Gasteiger partial charge in [-0.25, -0.2) is 0 Å². The molecule has 0 atom stereocenters. The molecule has 0 saturated carbocycles. The normalized spacial score (nSPS) is 10.5. The highest BCUT2D eigenvalue weighted by atomic mass is 16.5. The molecule has 0 amide bonds. The fraction of sp³-hybridized carbons (Fsp3) is 0.545.